The summed E-state index contributed by atoms with van der Waals surface area (Å²) < 4.78 is 37.8. The van der Waals surface area contributed by atoms with Gasteiger partial charge in [-0.3, -0.25) is 4.79 Å². The van der Waals surface area contributed by atoms with Gasteiger partial charge in [-0.15, -0.1) is 0 Å². The molecule has 6 nitrogen and oxygen atoms in total. The number of fused-ring (bicyclic) bond motifs is 1. The van der Waals surface area contributed by atoms with Crippen LogP contribution in [0.2, 0.25) is 0 Å². The number of hydrogen-bond acceptors (Lipinski definition) is 4. The second kappa shape index (κ2) is 4.66. The van der Waals surface area contributed by atoms with Gasteiger partial charge in [0.1, 0.15) is 11.6 Å². The average Bonchev–Trinajstić information content (AvgIpc) is 2.84. The van der Waals surface area contributed by atoms with Gasteiger partial charge in [-0.2, -0.15) is 5.10 Å². The quantitative estimate of drug-likeness (QED) is 0.909. The minimum absolute atomic E-state index is 0.150. The van der Waals surface area contributed by atoms with Crippen molar-refractivity contribution < 1.29 is 17.6 Å². The van der Waals surface area contributed by atoms with Gasteiger partial charge in [0.25, 0.3) is 0 Å². The van der Waals surface area contributed by atoms with Gasteiger partial charge >= 0.3 is 0 Å². The highest BCUT2D eigenvalue weighted by Gasteiger charge is 2.32. The van der Waals surface area contributed by atoms with Crippen molar-refractivity contribution in [3.05, 3.63) is 41.3 Å². The van der Waals surface area contributed by atoms with Gasteiger partial charge < -0.3 is 5.32 Å². The lowest BCUT2D eigenvalue weighted by molar-refractivity contribution is -0.114. The zero-order valence-corrected chi connectivity index (χ0v) is 11.9. The number of nitrogens with zero attached hydrogens (tertiary/aromatic N) is 2. The average molecular weight is 309 g/mol. The Kier molecular flexibility index (Phi) is 3.05. The lowest BCUT2D eigenvalue weighted by Crippen LogP contribution is -2.13. The first-order chi connectivity index (χ1) is 9.85. The van der Waals surface area contributed by atoms with Crippen LogP contribution in [-0.2, 0) is 26.1 Å². The first-order valence-electron chi connectivity index (χ1n) is 6.20. The SMILES string of the molecule is CC(=O)Nc1c2c(nn1-c1ccc(F)cc1)CS(=O)(=O)C2. The van der Waals surface area contributed by atoms with Crippen molar-refractivity contribution in [2.75, 3.05) is 5.32 Å². The van der Waals surface area contributed by atoms with Crippen molar-refractivity contribution in [1.29, 1.82) is 0 Å². The van der Waals surface area contributed by atoms with Gasteiger partial charge in [0.15, 0.2) is 9.84 Å². The Morgan fingerprint density at radius 2 is 1.95 bits per heavy atom. The van der Waals surface area contributed by atoms with Gasteiger partial charge in [0, 0.05) is 12.5 Å². The number of anilines is 1. The number of nitrogens with one attached hydrogen (secondary N) is 1. The van der Waals surface area contributed by atoms with E-state index >= 15 is 0 Å². The molecule has 1 N–H and O–H groups in total. The Labute approximate surface area is 120 Å². The van der Waals surface area contributed by atoms with Crippen LogP contribution in [0.4, 0.5) is 10.2 Å². The summed E-state index contributed by atoms with van der Waals surface area (Å²) in [5.74, 6) is -0.694. The normalized spacial score (nSPS) is 15.7. The molecular formula is C13H12FN3O3S. The van der Waals surface area contributed by atoms with Gasteiger partial charge in [0.2, 0.25) is 5.91 Å². The Hall–Kier alpha value is -2.22. The highest BCUT2D eigenvalue weighted by atomic mass is 32.2. The molecule has 0 aliphatic carbocycles. The van der Waals surface area contributed by atoms with Gasteiger partial charge in [0.05, 0.1) is 22.9 Å². The van der Waals surface area contributed by atoms with E-state index in [1.165, 1.54) is 35.9 Å². The summed E-state index contributed by atoms with van der Waals surface area (Å²) in [6.45, 7) is 1.33. The van der Waals surface area contributed by atoms with Crippen LogP contribution in [-0.4, -0.2) is 24.1 Å². The molecule has 8 heteroatoms. The van der Waals surface area contributed by atoms with E-state index in [4.69, 9.17) is 0 Å². The molecule has 0 unspecified atom stereocenters. The molecule has 1 aromatic heterocycles. The maximum Gasteiger partial charge on any atom is 0.222 e. The van der Waals surface area contributed by atoms with Crippen LogP contribution in [0.5, 0.6) is 0 Å². The molecule has 2 aromatic rings. The fourth-order valence-corrected chi connectivity index (χ4v) is 3.80. The first kappa shape index (κ1) is 13.7. The molecule has 1 amide bonds. The second-order valence-electron chi connectivity index (χ2n) is 4.88. The number of benzene rings is 1. The number of hydrogen-bond donors (Lipinski definition) is 1. The molecule has 0 fully saturated rings. The van der Waals surface area contributed by atoms with Gasteiger partial charge in [-0.25, -0.2) is 17.5 Å². The lowest BCUT2D eigenvalue weighted by atomic mass is 10.2. The van der Waals surface area contributed by atoms with Crippen molar-refractivity contribution in [3.63, 3.8) is 0 Å². The molecular weight excluding hydrogens is 297 g/mol. The molecule has 1 aliphatic heterocycles. The maximum absolute atomic E-state index is 13.0. The van der Waals surface area contributed by atoms with Gasteiger partial charge in [-0.1, -0.05) is 0 Å². The number of carbonyl (C=O) groups is 1. The molecule has 21 heavy (non-hydrogen) atoms. The first-order valence-corrected chi connectivity index (χ1v) is 8.02. The fraction of sp³-hybridized carbons (Fsp3) is 0.231. The van der Waals surface area contributed by atoms with Crippen molar-refractivity contribution in [3.8, 4) is 5.69 Å². The minimum Gasteiger partial charge on any atom is -0.311 e. The number of rotatable bonds is 2. The van der Waals surface area contributed by atoms with Crippen molar-refractivity contribution in [2.24, 2.45) is 0 Å². The predicted octanol–water partition coefficient (Wildman–Crippen LogP) is 1.40. The molecule has 2 heterocycles. The molecule has 0 bridgehead atoms. The largest absolute Gasteiger partial charge is 0.311 e. The van der Waals surface area contributed by atoms with Crippen molar-refractivity contribution in [2.45, 2.75) is 18.4 Å². The smallest absolute Gasteiger partial charge is 0.222 e. The molecule has 0 saturated heterocycles. The Morgan fingerprint density at radius 3 is 2.57 bits per heavy atom. The summed E-state index contributed by atoms with van der Waals surface area (Å²) in [7, 11) is -3.21. The predicted molar refractivity (Wildman–Crippen MR) is 74.2 cm³/mol. The number of amides is 1. The third-order valence-corrected chi connectivity index (χ3v) is 4.59. The molecule has 0 saturated carbocycles. The molecule has 3 rings (SSSR count). The van der Waals surface area contributed by atoms with Crippen LogP contribution >= 0.6 is 0 Å². The Bertz CT molecular complexity index is 825. The second-order valence-corrected chi connectivity index (χ2v) is 6.94. The summed E-state index contributed by atoms with van der Waals surface area (Å²) in [5.41, 5.74) is 1.46. The number of aromatic nitrogens is 2. The van der Waals surface area contributed by atoms with Crippen LogP contribution < -0.4 is 5.32 Å². The molecule has 110 valence electrons. The summed E-state index contributed by atoms with van der Waals surface area (Å²) in [4.78, 5) is 11.3. The van der Waals surface area contributed by atoms with Gasteiger partial charge in [-0.05, 0) is 24.3 Å². The molecule has 0 radical (unpaired) electrons. The molecule has 0 atom stereocenters. The zero-order chi connectivity index (χ0) is 15.2. The fourth-order valence-electron chi connectivity index (χ4n) is 2.31. The third-order valence-electron chi connectivity index (χ3n) is 3.15. The van der Waals surface area contributed by atoms with E-state index in [9.17, 15) is 17.6 Å². The van der Waals surface area contributed by atoms with E-state index in [0.29, 0.717) is 22.8 Å². The van der Waals surface area contributed by atoms with Crippen LogP contribution in [0.25, 0.3) is 5.69 Å². The molecule has 0 spiro atoms. The summed E-state index contributed by atoms with van der Waals surface area (Å²) >= 11 is 0. The van der Waals surface area contributed by atoms with Crippen molar-refractivity contribution >= 4 is 21.6 Å². The van der Waals surface area contributed by atoms with E-state index in [-0.39, 0.29) is 23.2 Å². The van der Waals surface area contributed by atoms with Crippen LogP contribution in [0.3, 0.4) is 0 Å². The van der Waals surface area contributed by atoms with Crippen LogP contribution in [0.1, 0.15) is 18.2 Å². The summed E-state index contributed by atoms with van der Waals surface area (Å²) in [5, 5.41) is 6.85. The Morgan fingerprint density at radius 1 is 1.29 bits per heavy atom. The van der Waals surface area contributed by atoms with E-state index < -0.39 is 9.84 Å². The maximum atomic E-state index is 13.0. The Balaban J connectivity index is 2.14. The third kappa shape index (κ3) is 2.54. The summed E-state index contributed by atoms with van der Waals surface area (Å²) in [6, 6.07) is 5.57. The highest BCUT2D eigenvalue weighted by molar-refractivity contribution is 7.90. The van der Waals surface area contributed by atoms with Crippen LogP contribution in [0.15, 0.2) is 24.3 Å². The van der Waals surface area contributed by atoms with Crippen molar-refractivity contribution in [1.82, 2.24) is 9.78 Å². The number of sulfone groups is 1. The van der Waals surface area contributed by atoms with Crippen LogP contribution in [0, 0.1) is 5.82 Å². The van der Waals surface area contributed by atoms with E-state index in [2.05, 4.69) is 10.4 Å². The topological polar surface area (TPSA) is 81.1 Å². The minimum atomic E-state index is -3.21. The number of halogens is 1. The van der Waals surface area contributed by atoms with E-state index in [1.807, 2.05) is 0 Å². The van der Waals surface area contributed by atoms with E-state index in [1.54, 1.807) is 0 Å². The molecule has 1 aliphatic rings. The van der Waals surface area contributed by atoms with E-state index in [0.717, 1.165) is 0 Å². The zero-order valence-electron chi connectivity index (χ0n) is 11.1. The summed E-state index contributed by atoms with van der Waals surface area (Å²) in [6.07, 6.45) is 0. The highest BCUT2D eigenvalue weighted by Crippen LogP contribution is 2.32. The monoisotopic (exact) mass is 309 g/mol. The lowest BCUT2D eigenvalue weighted by Gasteiger charge is -2.09. The number of carbonyl (C=O) groups excluding carboxylic acids is 1. The standard InChI is InChI=1S/C13H12FN3O3S/c1-8(18)15-13-11-6-21(19,20)7-12(11)16-17(13)10-4-2-9(14)3-5-10/h2-5H,6-7H2,1H3,(H,15,18). The molecule has 1 aromatic carbocycles.